The molecular formula is C28H24IrN2-2. The molecule has 0 saturated heterocycles. The van der Waals surface area contributed by atoms with E-state index in [2.05, 4.69) is 77.1 Å². The molecule has 0 atom stereocenters. The number of benzene rings is 3. The second kappa shape index (κ2) is 12.0. The first kappa shape index (κ1) is 22.7. The van der Waals surface area contributed by atoms with Crippen LogP contribution in [-0.4, -0.2) is 18.8 Å². The Morgan fingerprint density at radius 2 is 1.52 bits per heavy atom. The smallest absolute Gasteiger partial charge is 0.0323 e. The molecule has 2 aliphatic rings. The number of aliphatic imine (C=N–C) groups is 1. The molecule has 0 bridgehead atoms. The van der Waals surface area contributed by atoms with Gasteiger partial charge in [0.25, 0.3) is 0 Å². The summed E-state index contributed by atoms with van der Waals surface area (Å²) in [5, 5.41) is 3.39. The van der Waals surface area contributed by atoms with Gasteiger partial charge in [0, 0.05) is 33.2 Å². The van der Waals surface area contributed by atoms with Gasteiger partial charge in [0.15, 0.2) is 0 Å². The number of nitrogens with one attached hydrogen (secondary N) is 1. The Hall–Kier alpha value is -3.00. The van der Waals surface area contributed by atoms with Crippen LogP contribution in [0.5, 0.6) is 0 Å². The average Bonchev–Trinajstić information content (AvgIpc) is 2.87. The van der Waals surface area contributed by atoms with Crippen molar-refractivity contribution in [2.75, 3.05) is 13.1 Å². The van der Waals surface area contributed by atoms with Gasteiger partial charge in [-0.05, 0) is 29.0 Å². The predicted molar refractivity (Wildman–Crippen MR) is 126 cm³/mol. The first-order chi connectivity index (χ1) is 14.9. The molecule has 1 radical (unpaired) electrons. The third-order valence-electron chi connectivity index (χ3n) is 4.86. The summed E-state index contributed by atoms with van der Waals surface area (Å²) in [4.78, 5) is 4.40. The van der Waals surface area contributed by atoms with Gasteiger partial charge in [0.05, 0.1) is 0 Å². The zero-order valence-electron chi connectivity index (χ0n) is 17.2. The molecule has 2 aliphatic heterocycles. The molecule has 157 valence electrons. The van der Waals surface area contributed by atoms with Crippen LogP contribution in [0.25, 0.3) is 11.3 Å². The SMILES string of the molecule is [Ir].[c-]1ccccc1C1=CC(c2ccccc2)=CCN1.[c-]1ccccc1C1=NCCC=C1. The number of rotatable bonds is 3. The quantitative estimate of drug-likeness (QED) is 0.392. The standard InChI is InChI=1S/C17H14N.C11H10N.Ir/c1-3-7-14(8-4-1)16-11-12-18-17(13-16)15-9-5-2-6-10-15;1-2-6-10(7-3-1)11-8-4-5-9-12-11;/h1-9,11,13,18H,12H2;1-4,6,8H,5,9H2;/q2*-1;. The van der Waals surface area contributed by atoms with Crippen LogP contribution in [0.15, 0.2) is 108 Å². The average molecular weight is 581 g/mol. The van der Waals surface area contributed by atoms with E-state index < -0.39 is 0 Å². The van der Waals surface area contributed by atoms with Gasteiger partial charge in [-0.1, -0.05) is 54.6 Å². The minimum Gasteiger partial charge on any atom is -0.420 e. The first-order valence-corrected chi connectivity index (χ1v) is 10.3. The van der Waals surface area contributed by atoms with Crippen LogP contribution >= 0.6 is 0 Å². The van der Waals surface area contributed by atoms with Crippen LogP contribution < -0.4 is 5.32 Å². The molecule has 0 fully saturated rings. The molecule has 0 unspecified atom stereocenters. The summed E-state index contributed by atoms with van der Waals surface area (Å²) in [5.74, 6) is 0. The van der Waals surface area contributed by atoms with Gasteiger partial charge in [-0.15, -0.1) is 71.8 Å². The van der Waals surface area contributed by atoms with E-state index in [1.165, 1.54) is 11.1 Å². The maximum Gasteiger partial charge on any atom is 0.0323 e. The molecule has 1 N–H and O–H groups in total. The van der Waals surface area contributed by atoms with Crippen molar-refractivity contribution in [2.45, 2.75) is 6.42 Å². The van der Waals surface area contributed by atoms with Crippen LogP contribution in [0, 0.1) is 12.1 Å². The van der Waals surface area contributed by atoms with Gasteiger partial charge >= 0.3 is 0 Å². The van der Waals surface area contributed by atoms with E-state index in [1.54, 1.807) is 0 Å². The topological polar surface area (TPSA) is 24.4 Å². The first-order valence-electron chi connectivity index (χ1n) is 10.3. The van der Waals surface area contributed by atoms with Gasteiger partial charge in [-0.2, -0.15) is 0 Å². The van der Waals surface area contributed by atoms with Crippen molar-refractivity contribution in [3.63, 3.8) is 0 Å². The molecule has 0 aromatic heterocycles. The largest absolute Gasteiger partial charge is 0.420 e. The number of hydrogen-bond acceptors (Lipinski definition) is 2. The van der Waals surface area contributed by atoms with E-state index in [0.29, 0.717) is 0 Å². The van der Waals surface area contributed by atoms with Gasteiger partial charge in [-0.25, -0.2) is 0 Å². The molecular weight excluding hydrogens is 557 g/mol. The summed E-state index contributed by atoms with van der Waals surface area (Å²) in [6.07, 6.45) is 9.68. The Kier molecular flexibility index (Phi) is 8.78. The van der Waals surface area contributed by atoms with E-state index in [9.17, 15) is 0 Å². The van der Waals surface area contributed by atoms with E-state index in [4.69, 9.17) is 0 Å². The number of hydrogen-bond donors (Lipinski definition) is 1. The zero-order chi connectivity index (χ0) is 20.4. The second-order valence-electron chi connectivity index (χ2n) is 6.97. The molecule has 0 amide bonds. The molecule has 31 heavy (non-hydrogen) atoms. The van der Waals surface area contributed by atoms with E-state index in [1.807, 2.05) is 48.5 Å². The molecule has 3 heteroatoms. The summed E-state index contributed by atoms with van der Waals surface area (Å²) in [5.41, 5.74) is 6.92. The van der Waals surface area contributed by atoms with Crippen molar-refractivity contribution < 1.29 is 20.1 Å². The van der Waals surface area contributed by atoms with Crippen molar-refractivity contribution in [1.29, 1.82) is 0 Å². The summed E-state index contributed by atoms with van der Waals surface area (Å²) in [7, 11) is 0. The van der Waals surface area contributed by atoms with Crippen LogP contribution in [-0.2, 0) is 20.1 Å². The molecule has 2 heterocycles. The molecule has 2 nitrogen and oxygen atoms in total. The third-order valence-corrected chi connectivity index (χ3v) is 4.86. The fraction of sp³-hybridized carbons (Fsp3) is 0.107. The van der Waals surface area contributed by atoms with Crippen LogP contribution in [0.3, 0.4) is 0 Å². The summed E-state index contributed by atoms with van der Waals surface area (Å²) < 4.78 is 0. The van der Waals surface area contributed by atoms with E-state index in [-0.39, 0.29) is 20.1 Å². The molecule has 0 saturated carbocycles. The van der Waals surface area contributed by atoms with Crippen LogP contribution in [0.1, 0.15) is 23.1 Å². The van der Waals surface area contributed by atoms with Crippen molar-refractivity contribution in [2.24, 2.45) is 4.99 Å². The Bertz CT molecular complexity index is 1070. The fourth-order valence-electron chi connectivity index (χ4n) is 3.34. The molecule has 3 aromatic carbocycles. The van der Waals surface area contributed by atoms with E-state index in [0.717, 1.165) is 42.0 Å². The Morgan fingerprint density at radius 1 is 0.806 bits per heavy atom. The predicted octanol–water partition coefficient (Wildman–Crippen LogP) is 5.75. The molecule has 3 aromatic rings. The third kappa shape index (κ3) is 6.49. The maximum atomic E-state index is 4.40. The minimum atomic E-state index is 0. The summed E-state index contributed by atoms with van der Waals surface area (Å²) in [6.45, 7) is 1.77. The monoisotopic (exact) mass is 581 g/mol. The van der Waals surface area contributed by atoms with Gasteiger partial charge in [0.2, 0.25) is 0 Å². The van der Waals surface area contributed by atoms with Gasteiger partial charge < -0.3 is 10.3 Å². The zero-order valence-corrected chi connectivity index (χ0v) is 19.6. The molecule has 5 rings (SSSR count). The molecule has 0 aliphatic carbocycles. The fourth-order valence-corrected chi connectivity index (χ4v) is 3.34. The van der Waals surface area contributed by atoms with E-state index >= 15 is 0 Å². The maximum absolute atomic E-state index is 4.40. The van der Waals surface area contributed by atoms with Crippen molar-refractivity contribution >= 4 is 17.0 Å². The number of dihydropyridines is 2. The summed E-state index contributed by atoms with van der Waals surface area (Å²) >= 11 is 0. The minimum absolute atomic E-state index is 0. The van der Waals surface area contributed by atoms with Crippen molar-refractivity contribution in [3.05, 3.63) is 132 Å². The Morgan fingerprint density at radius 3 is 2.16 bits per heavy atom. The normalized spacial score (nSPS) is 14.5. The number of allylic oxidation sites excluding steroid dienone is 3. The second-order valence-corrected chi connectivity index (χ2v) is 6.97. The van der Waals surface area contributed by atoms with Gasteiger partial charge in [0.1, 0.15) is 0 Å². The number of nitrogens with zero attached hydrogens (tertiary/aromatic N) is 1. The summed E-state index contributed by atoms with van der Waals surface area (Å²) in [6, 6.07) is 32.8. The van der Waals surface area contributed by atoms with Crippen molar-refractivity contribution in [3.8, 4) is 0 Å². The molecule has 0 spiro atoms. The van der Waals surface area contributed by atoms with Crippen LogP contribution in [0.2, 0.25) is 0 Å². The Balaban J connectivity index is 0.000000183. The van der Waals surface area contributed by atoms with Crippen LogP contribution in [0.4, 0.5) is 0 Å². The Labute approximate surface area is 198 Å². The van der Waals surface area contributed by atoms with Gasteiger partial charge in [-0.3, -0.25) is 0 Å². The van der Waals surface area contributed by atoms with Crippen molar-refractivity contribution in [1.82, 2.24) is 5.32 Å².